The number of anilines is 1. The van der Waals surface area contributed by atoms with Gasteiger partial charge in [-0.15, -0.1) is 0 Å². The molecule has 1 unspecified atom stereocenters. The van der Waals surface area contributed by atoms with Crippen molar-refractivity contribution in [3.05, 3.63) is 46.8 Å². The molecule has 2 aromatic rings. The van der Waals surface area contributed by atoms with Gasteiger partial charge in [0.05, 0.1) is 17.4 Å². The molecule has 1 aromatic carbocycles. The molecule has 172 valence electrons. The summed E-state index contributed by atoms with van der Waals surface area (Å²) in [5.41, 5.74) is 3.01. The second-order valence-corrected chi connectivity index (χ2v) is 10.4. The predicted octanol–water partition coefficient (Wildman–Crippen LogP) is 5.52. The first-order valence-corrected chi connectivity index (χ1v) is 12.8. The van der Waals surface area contributed by atoms with Crippen molar-refractivity contribution in [3.8, 4) is 0 Å². The molecule has 0 N–H and O–H groups in total. The van der Waals surface area contributed by atoms with Gasteiger partial charge in [-0.05, 0) is 76.9 Å². The molecule has 0 radical (unpaired) electrons. The zero-order valence-corrected chi connectivity index (χ0v) is 20.6. The van der Waals surface area contributed by atoms with E-state index in [1.165, 1.54) is 29.3 Å². The van der Waals surface area contributed by atoms with Crippen LogP contribution in [0.5, 0.6) is 0 Å². The maximum Gasteiger partial charge on any atom is 0.219 e. The van der Waals surface area contributed by atoms with Crippen molar-refractivity contribution in [2.75, 3.05) is 44.2 Å². The summed E-state index contributed by atoms with van der Waals surface area (Å²) >= 11 is 7.52. The molecule has 4 rings (SSSR count). The summed E-state index contributed by atoms with van der Waals surface area (Å²) in [4.78, 5) is 21.3. The van der Waals surface area contributed by atoms with Gasteiger partial charge in [-0.25, -0.2) is 0 Å². The third kappa shape index (κ3) is 5.59. The smallest absolute Gasteiger partial charge is 0.219 e. The lowest BCUT2D eigenvalue weighted by molar-refractivity contribution is -0.107. The minimum absolute atomic E-state index is 0.159. The molecule has 1 aromatic heterocycles. The van der Waals surface area contributed by atoms with E-state index in [1.54, 1.807) is 0 Å². The molecule has 7 heteroatoms. The summed E-state index contributed by atoms with van der Waals surface area (Å²) in [6.45, 7) is 10.1. The highest BCUT2D eigenvalue weighted by molar-refractivity contribution is 8.15. The Morgan fingerprint density at radius 1 is 1.16 bits per heavy atom. The molecule has 3 heterocycles. The van der Waals surface area contributed by atoms with Crippen LogP contribution in [0.1, 0.15) is 39.5 Å². The highest BCUT2D eigenvalue weighted by atomic mass is 35.5. The van der Waals surface area contributed by atoms with Gasteiger partial charge in [0, 0.05) is 47.5 Å². The Kier molecular flexibility index (Phi) is 7.98. The van der Waals surface area contributed by atoms with Crippen LogP contribution < -0.4 is 4.90 Å². The number of carbonyl (C=O) groups is 1. The van der Waals surface area contributed by atoms with Crippen molar-refractivity contribution >= 4 is 45.1 Å². The number of fused-ring (bicyclic) bond motifs is 1. The quantitative estimate of drug-likeness (QED) is 0.470. The van der Waals surface area contributed by atoms with E-state index in [4.69, 9.17) is 16.3 Å². The van der Waals surface area contributed by atoms with Crippen LogP contribution in [0.4, 0.5) is 5.69 Å². The normalized spacial score (nSPS) is 20.3. The molecule has 1 atom stereocenters. The lowest BCUT2D eigenvalue weighted by Gasteiger charge is -2.25. The highest BCUT2D eigenvalue weighted by Gasteiger charge is 2.28. The lowest BCUT2D eigenvalue weighted by Crippen LogP contribution is -2.31. The molecule has 0 saturated carbocycles. The average molecular weight is 474 g/mol. The van der Waals surface area contributed by atoms with Gasteiger partial charge in [-0.3, -0.25) is 9.78 Å². The van der Waals surface area contributed by atoms with Crippen LogP contribution in [0, 0.1) is 0 Å². The molecular formula is C25H32ClN3O2S. The van der Waals surface area contributed by atoms with E-state index in [0.29, 0.717) is 6.61 Å². The fourth-order valence-electron chi connectivity index (χ4n) is 4.55. The van der Waals surface area contributed by atoms with E-state index in [1.807, 2.05) is 32.2 Å². The zero-order chi connectivity index (χ0) is 22.5. The summed E-state index contributed by atoms with van der Waals surface area (Å²) < 4.78 is 5.92. The van der Waals surface area contributed by atoms with Crippen molar-refractivity contribution in [2.45, 2.75) is 44.8 Å². The van der Waals surface area contributed by atoms with Crippen molar-refractivity contribution in [1.82, 2.24) is 9.88 Å². The SMILES string of the molecule is CC1=C(OCCCCCN2CCCN(c3ccnc4cc(Cl)ccc34)CC2)C(C)SC1=O. The minimum atomic E-state index is 0.159. The van der Waals surface area contributed by atoms with Crippen LogP contribution in [-0.4, -0.2) is 59.6 Å². The summed E-state index contributed by atoms with van der Waals surface area (Å²) in [5, 5.41) is 2.22. The summed E-state index contributed by atoms with van der Waals surface area (Å²) in [6.07, 6.45) is 6.42. The summed E-state index contributed by atoms with van der Waals surface area (Å²) in [5.74, 6) is 0.888. The van der Waals surface area contributed by atoms with E-state index in [9.17, 15) is 4.79 Å². The Labute approximate surface area is 200 Å². The maximum atomic E-state index is 11.7. The van der Waals surface area contributed by atoms with Crippen molar-refractivity contribution < 1.29 is 9.53 Å². The van der Waals surface area contributed by atoms with E-state index >= 15 is 0 Å². The molecule has 0 spiro atoms. The Bertz CT molecular complexity index is 996. The number of nitrogens with zero attached hydrogens (tertiary/aromatic N) is 3. The van der Waals surface area contributed by atoms with E-state index < -0.39 is 0 Å². The molecule has 1 saturated heterocycles. The Hall–Kier alpha value is -1.76. The number of rotatable bonds is 8. The molecule has 32 heavy (non-hydrogen) atoms. The number of pyridine rings is 1. The fraction of sp³-hybridized carbons (Fsp3) is 0.520. The molecule has 0 amide bonds. The first kappa shape index (κ1) is 23.4. The first-order valence-electron chi connectivity index (χ1n) is 11.6. The summed E-state index contributed by atoms with van der Waals surface area (Å²) in [7, 11) is 0. The van der Waals surface area contributed by atoms with Gasteiger partial charge in [0.2, 0.25) is 5.12 Å². The molecule has 0 aliphatic carbocycles. The van der Waals surface area contributed by atoms with E-state index in [0.717, 1.165) is 73.9 Å². The Balaban J connectivity index is 1.21. The minimum Gasteiger partial charge on any atom is -0.496 e. The Morgan fingerprint density at radius 2 is 2.03 bits per heavy atom. The molecule has 5 nitrogen and oxygen atoms in total. The van der Waals surface area contributed by atoms with Crippen LogP contribution in [0.25, 0.3) is 10.9 Å². The predicted molar refractivity (Wildman–Crippen MR) is 135 cm³/mol. The van der Waals surface area contributed by atoms with Crippen molar-refractivity contribution in [2.24, 2.45) is 0 Å². The number of hydrogen-bond donors (Lipinski definition) is 0. The standard InChI is InChI=1S/C25H32ClN3O2S/c1-18-24(19(2)32-25(18)30)31-16-5-3-4-11-28-12-6-13-29(15-14-28)23-9-10-27-22-17-20(26)7-8-21(22)23/h7-10,17,19H,3-6,11-16H2,1-2H3. The number of hydrogen-bond acceptors (Lipinski definition) is 6. The van der Waals surface area contributed by atoms with Crippen LogP contribution in [0.15, 0.2) is 41.8 Å². The second-order valence-electron chi connectivity index (χ2n) is 8.62. The largest absolute Gasteiger partial charge is 0.496 e. The number of aromatic nitrogens is 1. The number of halogens is 1. The molecule has 2 aliphatic heterocycles. The second kappa shape index (κ2) is 10.9. The van der Waals surface area contributed by atoms with Gasteiger partial charge in [0.25, 0.3) is 0 Å². The molecule has 1 fully saturated rings. The van der Waals surface area contributed by atoms with E-state index in [2.05, 4.69) is 26.9 Å². The first-order chi connectivity index (χ1) is 15.5. The van der Waals surface area contributed by atoms with Gasteiger partial charge in [-0.2, -0.15) is 0 Å². The van der Waals surface area contributed by atoms with Crippen LogP contribution >= 0.6 is 23.4 Å². The zero-order valence-electron chi connectivity index (χ0n) is 19.0. The van der Waals surface area contributed by atoms with Crippen molar-refractivity contribution in [1.29, 1.82) is 0 Å². The third-order valence-electron chi connectivity index (χ3n) is 6.32. The number of benzene rings is 1. The van der Waals surface area contributed by atoms with Gasteiger partial charge < -0.3 is 14.5 Å². The monoisotopic (exact) mass is 473 g/mol. The van der Waals surface area contributed by atoms with Crippen LogP contribution in [0.3, 0.4) is 0 Å². The third-order valence-corrected chi connectivity index (χ3v) is 7.64. The van der Waals surface area contributed by atoms with Gasteiger partial charge in [0.1, 0.15) is 5.76 Å². The highest BCUT2D eigenvalue weighted by Crippen LogP contribution is 2.34. The number of thioether (sulfide) groups is 1. The maximum absolute atomic E-state index is 11.7. The van der Waals surface area contributed by atoms with Crippen molar-refractivity contribution in [3.63, 3.8) is 0 Å². The number of carbonyl (C=O) groups excluding carboxylic acids is 1. The lowest BCUT2D eigenvalue weighted by atomic mass is 10.1. The molecule has 0 bridgehead atoms. The van der Waals surface area contributed by atoms with Gasteiger partial charge >= 0.3 is 0 Å². The molecular weight excluding hydrogens is 442 g/mol. The Morgan fingerprint density at radius 3 is 2.84 bits per heavy atom. The van der Waals surface area contributed by atoms with Gasteiger partial charge in [-0.1, -0.05) is 23.4 Å². The number of unbranched alkanes of at least 4 members (excludes halogenated alkanes) is 2. The van der Waals surface area contributed by atoms with Gasteiger partial charge in [0.15, 0.2) is 0 Å². The van der Waals surface area contributed by atoms with Crippen LogP contribution in [0.2, 0.25) is 5.02 Å². The average Bonchev–Trinajstić information content (AvgIpc) is 2.94. The number of ether oxygens (including phenoxy) is 1. The van der Waals surface area contributed by atoms with E-state index in [-0.39, 0.29) is 10.4 Å². The summed E-state index contributed by atoms with van der Waals surface area (Å²) in [6, 6.07) is 8.10. The molecule has 2 aliphatic rings. The topological polar surface area (TPSA) is 45.7 Å². The fourth-order valence-corrected chi connectivity index (χ4v) is 5.66. The van der Waals surface area contributed by atoms with Crippen LogP contribution in [-0.2, 0) is 9.53 Å².